The molecule has 0 atom stereocenters. The summed E-state index contributed by atoms with van der Waals surface area (Å²) in [5.74, 6) is 2.13. The SMILES string of the molecule is O=c1cc(C2CC2)ncn1CC1CCN(c2nccc3ccccc23)CC1. The van der Waals surface area contributed by atoms with Crippen LogP contribution >= 0.6 is 0 Å². The van der Waals surface area contributed by atoms with Crippen molar-refractivity contribution in [2.45, 2.75) is 38.1 Å². The molecule has 5 heteroatoms. The molecule has 5 nitrogen and oxygen atoms in total. The molecular weight excluding hydrogens is 336 g/mol. The highest BCUT2D eigenvalue weighted by molar-refractivity contribution is 5.92. The van der Waals surface area contributed by atoms with Gasteiger partial charge in [0, 0.05) is 43.2 Å². The Morgan fingerprint density at radius 2 is 1.81 bits per heavy atom. The van der Waals surface area contributed by atoms with Crippen LogP contribution in [0.3, 0.4) is 0 Å². The normalized spacial score (nSPS) is 18.1. The summed E-state index contributed by atoms with van der Waals surface area (Å²) in [7, 11) is 0. The number of hydrogen-bond acceptors (Lipinski definition) is 4. The molecular formula is C22H24N4O. The van der Waals surface area contributed by atoms with Gasteiger partial charge in [-0.25, -0.2) is 9.97 Å². The number of hydrogen-bond donors (Lipinski definition) is 0. The van der Waals surface area contributed by atoms with E-state index in [2.05, 4.69) is 45.2 Å². The molecule has 2 fully saturated rings. The molecule has 0 bridgehead atoms. The maximum absolute atomic E-state index is 12.4. The molecule has 3 heterocycles. The molecule has 1 saturated carbocycles. The van der Waals surface area contributed by atoms with Gasteiger partial charge in [0.1, 0.15) is 5.82 Å². The minimum Gasteiger partial charge on any atom is -0.356 e. The van der Waals surface area contributed by atoms with Gasteiger partial charge < -0.3 is 4.90 Å². The van der Waals surface area contributed by atoms with Gasteiger partial charge >= 0.3 is 0 Å². The predicted octanol–water partition coefficient (Wildman–Crippen LogP) is 3.59. The van der Waals surface area contributed by atoms with E-state index in [9.17, 15) is 4.79 Å². The van der Waals surface area contributed by atoms with E-state index in [4.69, 9.17) is 0 Å². The van der Waals surface area contributed by atoms with E-state index in [1.165, 1.54) is 23.6 Å². The van der Waals surface area contributed by atoms with Gasteiger partial charge in [-0.3, -0.25) is 9.36 Å². The third-order valence-corrected chi connectivity index (χ3v) is 5.92. The Morgan fingerprint density at radius 1 is 1.00 bits per heavy atom. The van der Waals surface area contributed by atoms with Crippen molar-refractivity contribution in [2.24, 2.45) is 5.92 Å². The Balaban J connectivity index is 1.27. The molecule has 2 aromatic heterocycles. The van der Waals surface area contributed by atoms with Crippen LogP contribution in [0.5, 0.6) is 0 Å². The molecule has 27 heavy (non-hydrogen) atoms. The Bertz CT molecular complexity index is 1010. The Kier molecular flexibility index (Phi) is 4.15. The smallest absolute Gasteiger partial charge is 0.253 e. The largest absolute Gasteiger partial charge is 0.356 e. The molecule has 1 aliphatic heterocycles. The van der Waals surface area contributed by atoms with E-state index >= 15 is 0 Å². The van der Waals surface area contributed by atoms with Crippen molar-refractivity contribution < 1.29 is 0 Å². The monoisotopic (exact) mass is 360 g/mol. The summed E-state index contributed by atoms with van der Waals surface area (Å²) in [6.45, 7) is 2.73. The Labute approximate surface area is 158 Å². The molecule has 0 spiro atoms. The lowest BCUT2D eigenvalue weighted by Gasteiger charge is -2.33. The first-order valence-electron chi connectivity index (χ1n) is 9.93. The number of benzene rings is 1. The van der Waals surface area contributed by atoms with Crippen LogP contribution in [0, 0.1) is 5.92 Å². The summed E-state index contributed by atoms with van der Waals surface area (Å²) in [6.07, 6.45) is 8.16. The molecule has 2 aliphatic rings. The van der Waals surface area contributed by atoms with Crippen molar-refractivity contribution >= 4 is 16.6 Å². The zero-order valence-corrected chi connectivity index (χ0v) is 15.4. The summed E-state index contributed by atoms with van der Waals surface area (Å²) >= 11 is 0. The first-order valence-corrected chi connectivity index (χ1v) is 9.93. The van der Waals surface area contributed by atoms with E-state index in [0.29, 0.717) is 11.8 Å². The van der Waals surface area contributed by atoms with Gasteiger partial charge in [0.2, 0.25) is 0 Å². The highest BCUT2D eigenvalue weighted by atomic mass is 16.1. The molecule has 0 N–H and O–H groups in total. The third kappa shape index (κ3) is 3.34. The van der Waals surface area contributed by atoms with Crippen LogP contribution in [0.25, 0.3) is 10.8 Å². The lowest BCUT2D eigenvalue weighted by Crippen LogP contribution is -2.37. The minimum atomic E-state index is 0.102. The maximum atomic E-state index is 12.4. The van der Waals surface area contributed by atoms with Gasteiger partial charge in [-0.1, -0.05) is 24.3 Å². The highest BCUT2D eigenvalue weighted by Gasteiger charge is 2.26. The number of nitrogens with zero attached hydrogens (tertiary/aromatic N) is 4. The van der Waals surface area contributed by atoms with Gasteiger partial charge in [0.25, 0.3) is 5.56 Å². The number of piperidine rings is 1. The van der Waals surface area contributed by atoms with Crippen LogP contribution in [0.15, 0.2) is 53.7 Å². The molecule has 1 aromatic carbocycles. The number of rotatable bonds is 4. The topological polar surface area (TPSA) is 51.0 Å². The average Bonchev–Trinajstić information content (AvgIpc) is 3.55. The molecule has 0 amide bonds. The third-order valence-electron chi connectivity index (χ3n) is 5.92. The van der Waals surface area contributed by atoms with Crippen LogP contribution < -0.4 is 10.5 Å². The summed E-state index contributed by atoms with van der Waals surface area (Å²) in [5, 5.41) is 2.45. The molecule has 5 rings (SSSR count). The van der Waals surface area contributed by atoms with Crippen LogP contribution in [0.1, 0.15) is 37.3 Å². The van der Waals surface area contributed by atoms with Crippen molar-refractivity contribution in [3.8, 4) is 0 Å². The number of aromatic nitrogens is 3. The fraction of sp³-hybridized carbons (Fsp3) is 0.409. The van der Waals surface area contributed by atoms with Gasteiger partial charge in [0.05, 0.1) is 12.0 Å². The highest BCUT2D eigenvalue weighted by Crippen LogP contribution is 2.38. The van der Waals surface area contributed by atoms with Gasteiger partial charge in [-0.05, 0) is 43.1 Å². The fourth-order valence-corrected chi connectivity index (χ4v) is 4.14. The van der Waals surface area contributed by atoms with E-state index in [-0.39, 0.29) is 5.56 Å². The van der Waals surface area contributed by atoms with Crippen molar-refractivity contribution in [1.82, 2.24) is 14.5 Å². The number of anilines is 1. The predicted molar refractivity (Wildman–Crippen MR) is 107 cm³/mol. The Morgan fingerprint density at radius 3 is 2.59 bits per heavy atom. The quantitative estimate of drug-likeness (QED) is 0.713. The van der Waals surface area contributed by atoms with E-state index in [0.717, 1.165) is 44.0 Å². The van der Waals surface area contributed by atoms with E-state index < -0.39 is 0 Å². The van der Waals surface area contributed by atoms with Crippen molar-refractivity contribution in [1.29, 1.82) is 0 Å². The van der Waals surface area contributed by atoms with Crippen molar-refractivity contribution in [3.63, 3.8) is 0 Å². The van der Waals surface area contributed by atoms with Gasteiger partial charge in [-0.15, -0.1) is 0 Å². The second-order valence-electron chi connectivity index (χ2n) is 7.86. The molecule has 3 aromatic rings. The Hall–Kier alpha value is -2.69. The molecule has 0 unspecified atom stereocenters. The first-order chi connectivity index (χ1) is 13.3. The fourth-order valence-electron chi connectivity index (χ4n) is 4.14. The maximum Gasteiger partial charge on any atom is 0.253 e. The number of fused-ring (bicyclic) bond motifs is 1. The summed E-state index contributed by atoms with van der Waals surface area (Å²) in [5.41, 5.74) is 1.08. The second-order valence-corrected chi connectivity index (χ2v) is 7.86. The number of pyridine rings is 1. The molecule has 138 valence electrons. The molecule has 0 radical (unpaired) electrons. The van der Waals surface area contributed by atoms with Gasteiger partial charge in [-0.2, -0.15) is 0 Å². The average molecular weight is 360 g/mol. The van der Waals surface area contributed by atoms with Crippen LogP contribution in [-0.4, -0.2) is 27.6 Å². The zero-order chi connectivity index (χ0) is 18.2. The second kappa shape index (κ2) is 6.80. The van der Waals surface area contributed by atoms with Crippen LogP contribution in [-0.2, 0) is 6.54 Å². The van der Waals surface area contributed by atoms with E-state index in [1.807, 2.05) is 6.20 Å². The lowest BCUT2D eigenvalue weighted by atomic mass is 9.96. The van der Waals surface area contributed by atoms with Crippen molar-refractivity contribution in [3.05, 3.63) is 65.0 Å². The zero-order valence-electron chi connectivity index (χ0n) is 15.4. The summed E-state index contributed by atoms with van der Waals surface area (Å²) < 4.78 is 1.79. The minimum absolute atomic E-state index is 0.102. The molecule has 1 aliphatic carbocycles. The van der Waals surface area contributed by atoms with Crippen molar-refractivity contribution in [2.75, 3.05) is 18.0 Å². The molecule has 1 saturated heterocycles. The first kappa shape index (κ1) is 16.5. The lowest BCUT2D eigenvalue weighted by molar-refractivity contribution is 0.350. The standard InChI is InChI=1S/C22H24N4O/c27-21-13-20(18-5-6-18)24-15-26(21)14-16-8-11-25(12-9-16)22-19-4-2-1-3-17(19)7-10-23-22/h1-4,7,10,13,15-16,18H,5-6,8-9,11-12,14H2. The van der Waals surface area contributed by atoms with Crippen LogP contribution in [0.4, 0.5) is 5.82 Å². The van der Waals surface area contributed by atoms with Gasteiger partial charge in [0.15, 0.2) is 0 Å². The van der Waals surface area contributed by atoms with Crippen LogP contribution in [0.2, 0.25) is 0 Å². The van der Waals surface area contributed by atoms with E-state index in [1.54, 1.807) is 17.0 Å². The summed E-state index contributed by atoms with van der Waals surface area (Å²) in [4.78, 5) is 23.9. The summed E-state index contributed by atoms with van der Waals surface area (Å²) in [6, 6.07) is 12.2.